The largest absolute Gasteiger partial charge is 0.271 e. The fourth-order valence-electron chi connectivity index (χ4n) is 2.42. The molecule has 96 valence electrons. The van der Waals surface area contributed by atoms with Gasteiger partial charge >= 0.3 is 0 Å². The van der Waals surface area contributed by atoms with Crippen LogP contribution in [0.4, 0.5) is 0 Å². The van der Waals surface area contributed by atoms with Gasteiger partial charge in [0.2, 0.25) is 0 Å². The summed E-state index contributed by atoms with van der Waals surface area (Å²) in [6, 6.07) is 4.68. The Balaban J connectivity index is 1.81. The predicted molar refractivity (Wildman–Crippen MR) is 82.1 cm³/mol. The molecule has 0 aliphatic heterocycles. The third kappa shape index (κ3) is 2.42. The highest BCUT2D eigenvalue weighted by Crippen LogP contribution is 2.36. The zero-order valence-electron chi connectivity index (χ0n) is 9.91. The van der Waals surface area contributed by atoms with Crippen LogP contribution in [0, 0.1) is 0 Å². The number of nitrogens with two attached hydrogens (primary N) is 1. The van der Waals surface area contributed by atoms with Crippen LogP contribution in [0.3, 0.4) is 0 Å². The second kappa shape index (κ2) is 5.43. The molecule has 18 heavy (non-hydrogen) atoms. The number of halogens is 1. The maximum atomic E-state index is 5.74. The Morgan fingerprint density at radius 3 is 3.00 bits per heavy atom. The van der Waals surface area contributed by atoms with E-state index in [2.05, 4.69) is 38.9 Å². The van der Waals surface area contributed by atoms with Crippen molar-refractivity contribution in [1.82, 2.24) is 5.43 Å². The Kier molecular flexibility index (Phi) is 3.86. The van der Waals surface area contributed by atoms with E-state index in [1.165, 1.54) is 33.5 Å². The molecule has 3 rings (SSSR count). The van der Waals surface area contributed by atoms with Gasteiger partial charge in [-0.2, -0.15) is 0 Å². The fourth-order valence-corrected chi connectivity index (χ4v) is 5.30. The number of aryl methyl sites for hydroxylation is 2. The standard InChI is InChI=1S/C13H15BrN2S2/c14-9-4-5-17-12(9)7-10(16-15)13-6-8-2-1-3-11(8)18-13/h4-6,10,16H,1-3,7,15H2. The molecule has 5 heteroatoms. The van der Waals surface area contributed by atoms with Gasteiger partial charge in [-0.1, -0.05) is 0 Å². The van der Waals surface area contributed by atoms with Crippen molar-refractivity contribution in [2.75, 3.05) is 0 Å². The van der Waals surface area contributed by atoms with Gasteiger partial charge in [-0.25, -0.2) is 0 Å². The summed E-state index contributed by atoms with van der Waals surface area (Å²) in [7, 11) is 0. The highest BCUT2D eigenvalue weighted by atomic mass is 79.9. The molecule has 0 spiro atoms. The molecule has 0 amide bonds. The average molecular weight is 343 g/mol. The van der Waals surface area contributed by atoms with Crippen LogP contribution < -0.4 is 11.3 Å². The number of nitrogens with one attached hydrogen (secondary N) is 1. The molecule has 0 aromatic carbocycles. The van der Waals surface area contributed by atoms with Crippen LogP contribution in [0.5, 0.6) is 0 Å². The normalized spacial score (nSPS) is 15.9. The van der Waals surface area contributed by atoms with Crippen molar-refractivity contribution in [2.45, 2.75) is 31.7 Å². The minimum atomic E-state index is 0.232. The van der Waals surface area contributed by atoms with Gasteiger partial charge in [0, 0.05) is 25.5 Å². The highest BCUT2D eigenvalue weighted by molar-refractivity contribution is 9.10. The van der Waals surface area contributed by atoms with E-state index in [1.807, 2.05) is 11.3 Å². The first kappa shape index (κ1) is 12.8. The Morgan fingerprint density at radius 1 is 1.44 bits per heavy atom. The molecular weight excluding hydrogens is 328 g/mol. The number of hydrogen-bond donors (Lipinski definition) is 2. The van der Waals surface area contributed by atoms with E-state index >= 15 is 0 Å². The number of hydrazine groups is 1. The van der Waals surface area contributed by atoms with E-state index < -0.39 is 0 Å². The van der Waals surface area contributed by atoms with Crippen LogP contribution >= 0.6 is 38.6 Å². The summed E-state index contributed by atoms with van der Waals surface area (Å²) in [5, 5.41) is 2.11. The lowest BCUT2D eigenvalue weighted by molar-refractivity contribution is 0.563. The molecule has 0 bridgehead atoms. The quantitative estimate of drug-likeness (QED) is 0.654. The van der Waals surface area contributed by atoms with Crippen molar-refractivity contribution in [3.8, 4) is 0 Å². The Hall–Kier alpha value is -0.200. The highest BCUT2D eigenvalue weighted by Gasteiger charge is 2.20. The van der Waals surface area contributed by atoms with E-state index in [0.29, 0.717) is 0 Å². The van der Waals surface area contributed by atoms with Crippen molar-refractivity contribution in [3.05, 3.63) is 42.2 Å². The molecule has 2 aromatic heterocycles. The second-order valence-corrected chi connectivity index (χ2v) is 7.59. The van der Waals surface area contributed by atoms with Gasteiger partial charge in [0.05, 0.1) is 6.04 Å². The van der Waals surface area contributed by atoms with Crippen molar-refractivity contribution in [2.24, 2.45) is 5.84 Å². The molecule has 1 aliphatic rings. The van der Waals surface area contributed by atoms with E-state index in [1.54, 1.807) is 21.8 Å². The van der Waals surface area contributed by atoms with Crippen LogP contribution in [0.25, 0.3) is 0 Å². The summed E-state index contributed by atoms with van der Waals surface area (Å²) < 4.78 is 1.19. The van der Waals surface area contributed by atoms with Crippen LogP contribution in [0.1, 0.15) is 32.7 Å². The van der Waals surface area contributed by atoms with Crippen molar-refractivity contribution < 1.29 is 0 Å². The first-order valence-electron chi connectivity index (χ1n) is 6.07. The minimum absolute atomic E-state index is 0.232. The smallest absolute Gasteiger partial charge is 0.0602 e. The zero-order chi connectivity index (χ0) is 12.5. The topological polar surface area (TPSA) is 38.0 Å². The molecule has 0 saturated carbocycles. The second-order valence-electron chi connectivity index (χ2n) is 4.57. The van der Waals surface area contributed by atoms with E-state index in [9.17, 15) is 0 Å². The van der Waals surface area contributed by atoms with Crippen LogP contribution in [0.15, 0.2) is 22.0 Å². The maximum Gasteiger partial charge on any atom is 0.0602 e. The average Bonchev–Trinajstić information content (AvgIpc) is 3.01. The van der Waals surface area contributed by atoms with Crippen molar-refractivity contribution in [3.63, 3.8) is 0 Å². The minimum Gasteiger partial charge on any atom is -0.271 e. The maximum absolute atomic E-state index is 5.74. The molecule has 3 N–H and O–H groups in total. The van der Waals surface area contributed by atoms with Gasteiger partial charge in [0.25, 0.3) is 0 Å². The van der Waals surface area contributed by atoms with Crippen molar-refractivity contribution >= 4 is 38.6 Å². The predicted octanol–water partition coefficient (Wildman–Crippen LogP) is 3.81. The van der Waals surface area contributed by atoms with Crippen LogP contribution in [-0.4, -0.2) is 0 Å². The van der Waals surface area contributed by atoms with Gasteiger partial charge in [-0.3, -0.25) is 11.3 Å². The lowest BCUT2D eigenvalue weighted by Gasteiger charge is -2.13. The first-order chi connectivity index (χ1) is 8.78. The van der Waals surface area contributed by atoms with Crippen LogP contribution in [-0.2, 0) is 19.3 Å². The lowest BCUT2D eigenvalue weighted by Crippen LogP contribution is -2.28. The number of hydrogen-bond acceptors (Lipinski definition) is 4. The van der Waals surface area contributed by atoms with Gasteiger partial charge in [0.1, 0.15) is 0 Å². The molecule has 0 fully saturated rings. The first-order valence-corrected chi connectivity index (χ1v) is 8.56. The van der Waals surface area contributed by atoms with E-state index in [4.69, 9.17) is 5.84 Å². The number of fused-ring (bicyclic) bond motifs is 1. The summed E-state index contributed by atoms with van der Waals surface area (Å²) in [6.45, 7) is 0. The third-order valence-electron chi connectivity index (χ3n) is 3.39. The van der Waals surface area contributed by atoms with E-state index in [-0.39, 0.29) is 6.04 Å². The van der Waals surface area contributed by atoms with Gasteiger partial charge in [0.15, 0.2) is 0 Å². The monoisotopic (exact) mass is 342 g/mol. The Bertz CT molecular complexity index is 525. The molecule has 1 unspecified atom stereocenters. The molecule has 0 saturated heterocycles. The molecule has 2 nitrogen and oxygen atoms in total. The molecule has 2 heterocycles. The molecular formula is C13H15BrN2S2. The van der Waals surface area contributed by atoms with Gasteiger partial charge in [-0.05, 0) is 58.3 Å². The summed E-state index contributed by atoms with van der Waals surface area (Å²) in [6.07, 6.45) is 4.76. The SMILES string of the molecule is NNC(Cc1sccc1Br)c1cc2c(s1)CCC2. The summed E-state index contributed by atoms with van der Waals surface area (Å²) in [4.78, 5) is 4.30. The molecule has 2 aromatic rings. The van der Waals surface area contributed by atoms with Gasteiger partial charge < -0.3 is 0 Å². The molecule has 1 atom stereocenters. The third-order valence-corrected chi connectivity index (χ3v) is 6.69. The van der Waals surface area contributed by atoms with Crippen LogP contribution in [0.2, 0.25) is 0 Å². The summed E-state index contributed by atoms with van der Waals surface area (Å²) in [5.41, 5.74) is 4.51. The van der Waals surface area contributed by atoms with E-state index in [0.717, 1.165) is 6.42 Å². The number of rotatable bonds is 4. The number of thiophene rings is 2. The Morgan fingerprint density at radius 2 is 2.33 bits per heavy atom. The fraction of sp³-hybridized carbons (Fsp3) is 0.385. The molecule has 1 aliphatic carbocycles. The summed E-state index contributed by atoms with van der Waals surface area (Å²) in [5.74, 6) is 5.74. The zero-order valence-corrected chi connectivity index (χ0v) is 13.1. The van der Waals surface area contributed by atoms with Crippen molar-refractivity contribution in [1.29, 1.82) is 0 Å². The lowest BCUT2D eigenvalue weighted by atomic mass is 10.1. The Labute approximate surface area is 123 Å². The summed E-state index contributed by atoms with van der Waals surface area (Å²) >= 11 is 7.30. The van der Waals surface area contributed by atoms with Gasteiger partial charge in [-0.15, -0.1) is 22.7 Å². The molecule has 0 radical (unpaired) electrons.